The third-order valence-electron chi connectivity index (χ3n) is 2.59. The second-order valence-electron chi connectivity index (χ2n) is 3.80. The fraction of sp³-hybridized carbons (Fsp3) is 0.727. The first kappa shape index (κ1) is 11.8. The van der Waals surface area contributed by atoms with Gasteiger partial charge >= 0.3 is 0 Å². The maximum absolute atomic E-state index is 4.28. The second-order valence-corrected chi connectivity index (χ2v) is 4.71. The third kappa shape index (κ3) is 3.82. The molecule has 0 fully saturated rings. The van der Waals surface area contributed by atoms with Crippen molar-refractivity contribution in [1.29, 1.82) is 0 Å². The summed E-state index contributed by atoms with van der Waals surface area (Å²) in [6.45, 7) is 5.57. The Balaban J connectivity index is 2.40. The molecule has 0 spiro atoms. The van der Waals surface area contributed by atoms with Crippen LogP contribution in [0.2, 0.25) is 0 Å². The minimum atomic E-state index is 0.779. The van der Waals surface area contributed by atoms with E-state index in [4.69, 9.17) is 0 Å². The molecule has 0 bridgehead atoms. The first-order chi connectivity index (χ1) is 6.76. The number of unbranched alkanes of at least 4 members (excludes halogenated alkanes) is 1. The summed E-state index contributed by atoms with van der Waals surface area (Å²) in [4.78, 5) is 0. The predicted molar refractivity (Wildman–Crippen MR) is 63.2 cm³/mol. The molecule has 1 atom stereocenters. The fourth-order valence-electron chi connectivity index (χ4n) is 1.62. The molecular weight excluding hydrogens is 240 g/mol. The van der Waals surface area contributed by atoms with Crippen molar-refractivity contribution in [1.82, 2.24) is 9.78 Å². The number of nitrogens with zero attached hydrogens (tertiary/aromatic N) is 2. The van der Waals surface area contributed by atoms with Gasteiger partial charge in [0.25, 0.3) is 0 Å². The summed E-state index contributed by atoms with van der Waals surface area (Å²) in [6.07, 6.45) is 9.10. The monoisotopic (exact) mass is 258 g/mol. The highest BCUT2D eigenvalue weighted by Gasteiger charge is 2.07. The topological polar surface area (TPSA) is 17.8 Å². The molecule has 0 aliphatic rings. The largest absolute Gasteiger partial charge is 0.271 e. The van der Waals surface area contributed by atoms with E-state index in [2.05, 4.69) is 41.1 Å². The summed E-state index contributed by atoms with van der Waals surface area (Å²) in [5, 5.41) is 4.28. The molecule has 0 amide bonds. The van der Waals surface area contributed by atoms with Gasteiger partial charge in [-0.3, -0.25) is 4.68 Å². The van der Waals surface area contributed by atoms with Crippen LogP contribution in [0.4, 0.5) is 0 Å². The van der Waals surface area contributed by atoms with E-state index in [1.807, 2.05) is 10.9 Å². The SMILES string of the molecule is CCCCC(CC)Cn1cc(Br)cn1. The van der Waals surface area contributed by atoms with Crippen LogP contribution in [0.1, 0.15) is 39.5 Å². The van der Waals surface area contributed by atoms with E-state index in [0.717, 1.165) is 16.9 Å². The average molecular weight is 259 g/mol. The highest BCUT2D eigenvalue weighted by molar-refractivity contribution is 9.10. The van der Waals surface area contributed by atoms with Crippen LogP contribution in [0.3, 0.4) is 0 Å². The molecule has 2 nitrogen and oxygen atoms in total. The molecule has 1 aromatic rings. The predicted octanol–water partition coefficient (Wildman–Crippen LogP) is 3.86. The molecule has 14 heavy (non-hydrogen) atoms. The molecule has 1 heterocycles. The van der Waals surface area contributed by atoms with Crippen LogP contribution in [-0.4, -0.2) is 9.78 Å². The van der Waals surface area contributed by atoms with Gasteiger partial charge in [0.15, 0.2) is 0 Å². The van der Waals surface area contributed by atoms with E-state index in [1.54, 1.807) is 0 Å². The van der Waals surface area contributed by atoms with E-state index in [1.165, 1.54) is 25.7 Å². The molecule has 80 valence electrons. The van der Waals surface area contributed by atoms with Gasteiger partial charge in [0.2, 0.25) is 0 Å². The van der Waals surface area contributed by atoms with Gasteiger partial charge in [-0.25, -0.2) is 0 Å². The van der Waals surface area contributed by atoms with Gasteiger partial charge in [-0.05, 0) is 28.3 Å². The lowest BCUT2D eigenvalue weighted by atomic mass is 10.00. The molecule has 0 N–H and O–H groups in total. The summed E-state index contributed by atoms with van der Waals surface area (Å²) in [7, 11) is 0. The molecule has 1 rings (SSSR count). The maximum atomic E-state index is 4.28. The summed E-state index contributed by atoms with van der Waals surface area (Å²) in [6, 6.07) is 0. The van der Waals surface area contributed by atoms with E-state index in [0.29, 0.717) is 0 Å². The molecule has 0 saturated carbocycles. The quantitative estimate of drug-likeness (QED) is 0.758. The average Bonchev–Trinajstić information content (AvgIpc) is 2.58. The molecule has 0 aliphatic heterocycles. The molecule has 0 aliphatic carbocycles. The number of hydrogen-bond acceptors (Lipinski definition) is 1. The molecule has 1 unspecified atom stereocenters. The third-order valence-corrected chi connectivity index (χ3v) is 3.00. The minimum absolute atomic E-state index is 0.779. The Kier molecular flexibility index (Phi) is 5.23. The van der Waals surface area contributed by atoms with Crippen LogP contribution in [0.25, 0.3) is 0 Å². The Labute approximate surface area is 94.8 Å². The zero-order chi connectivity index (χ0) is 10.4. The van der Waals surface area contributed by atoms with Gasteiger partial charge < -0.3 is 0 Å². The van der Waals surface area contributed by atoms with Crippen molar-refractivity contribution >= 4 is 15.9 Å². The van der Waals surface area contributed by atoms with Crippen LogP contribution < -0.4 is 0 Å². The van der Waals surface area contributed by atoms with Crippen molar-refractivity contribution < 1.29 is 0 Å². The molecule has 1 aromatic heterocycles. The van der Waals surface area contributed by atoms with Crippen molar-refractivity contribution in [2.45, 2.75) is 46.1 Å². The molecule has 0 saturated heterocycles. The lowest BCUT2D eigenvalue weighted by molar-refractivity contribution is 0.372. The lowest BCUT2D eigenvalue weighted by Gasteiger charge is -2.13. The van der Waals surface area contributed by atoms with Crippen molar-refractivity contribution in [2.75, 3.05) is 0 Å². The second kappa shape index (κ2) is 6.23. The fourth-order valence-corrected chi connectivity index (χ4v) is 1.95. The standard InChI is InChI=1S/C11H19BrN2/c1-3-5-6-10(4-2)8-14-9-11(12)7-13-14/h7,9-10H,3-6,8H2,1-2H3. The van der Waals surface area contributed by atoms with Crippen LogP contribution in [0, 0.1) is 5.92 Å². The zero-order valence-electron chi connectivity index (χ0n) is 9.04. The first-order valence-corrected chi connectivity index (χ1v) is 6.23. The molecule has 3 heteroatoms. The maximum Gasteiger partial charge on any atom is 0.0632 e. The van der Waals surface area contributed by atoms with E-state index in [9.17, 15) is 0 Å². The van der Waals surface area contributed by atoms with Crippen LogP contribution >= 0.6 is 15.9 Å². The van der Waals surface area contributed by atoms with Crippen molar-refractivity contribution in [3.8, 4) is 0 Å². The van der Waals surface area contributed by atoms with Gasteiger partial charge in [0.05, 0.1) is 10.7 Å². The van der Waals surface area contributed by atoms with E-state index < -0.39 is 0 Å². The molecule has 0 aromatic carbocycles. The number of aromatic nitrogens is 2. The smallest absolute Gasteiger partial charge is 0.0632 e. The van der Waals surface area contributed by atoms with Crippen LogP contribution in [0.15, 0.2) is 16.9 Å². The lowest BCUT2D eigenvalue weighted by Crippen LogP contribution is -2.10. The van der Waals surface area contributed by atoms with Crippen LogP contribution in [-0.2, 0) is 6.54 Å². The Morgan fingerprint density at radius 1 is 1.50 bits per heavy atom. The van der Waals surface area contributed by atoms with Crippen LogP contribution in [0.5, 0.6) is 0 Å². The molecule has 0 radical (unpaired) electrons. The normalized spacial score (nSPS) is 13.1. The Morgan fingerprint density at radius 2 is 2.29 bits per heavy atom. The number of rotatable bonds is 6. The van der Waals surface area contributed by atoms with Gasteiger partial charge in [-0.15, -0.1) is 0 Å². The molecular formula is C11H19BrN2. The van der Waals surface area contributed by atoms with Gasteiger partial charge in [-0.1, -0.05) is 33.1 Å². The zero-order valence-corrected chi connectivity index (χ0v) is 10.6. The van der Waals surface area contributed by atoms with Gasteiger partial charge in [0.1, 0.15) is 0 Å². The van der Waals surface area contributed by atoms with Gasteiger partial charge in [-0.2, -0.15) is 5.10 Å². The highest BCUT2D eigenvalue weighted by atomic mass is 79.9. The van der Waals surface area contributed by atoms with Gasteiger partial charge in [0, 0.05) is 12.7 Å². The van der Waals surface area contributed by atoms with Crippen molar-refractivity contribution in [2.24, 2.45) is 5.92 Å². The highest BCUT2D eigenvalue weighted by Crippen LogP contribution is 2.16. The summed E-state index contributed by atoms with van der Waals surface area (Å²) in [5.74, 6) is 0.779. The number of halogens is 1. The number of hydrogen-bond donors (Lipinski definition) is 0. The van der Waals surface area contributed by atoms with E-state index >= 15 is 0 Å². The Bertz CT molecular complexity index is 258. The van der Waals surface area contributed by atoms with Crippen molar-refractivity contribution in [3.05, 3.63) is 16.9 Å². The summed E-state index contributed by atoms with van der Waals surface area (Å²) < 4.78 is 3.11. The summed E-state index contributed by atoms with van der Waals surface area (Å²) in [5.41, 5.74) is 0. The minimum Gasteiger partial charge on any atom is -0.271 e. The summed E-state index contributed by atoms with van der Waals surface area (Å²) >= 11 is 3.41. The Morgan fingerprint density at radius 3 is 2.79 bits per heavy atom. The van der Waals surface area contributed by atoms with Crippen molar-refractivity contribution in [3.63, 3.8) is 0 Å². The first-order valence-electron chi connectivity index (χ1n) is 5.44. The van der Waals surface area contributed by atoms with E-state index in [-0.39, 0.29) is 0 Å². The Hall–Kier alpha value is -0.310.